The van der Waals surface area contributed by atoms with Crippen molar-refractivity contribution < 1.29 is 4.42 Å². The highest BCUT2D eigenvalue weighted by Gasteiger charge is 2.03. The van der Waals surface area contributed by atoms with Crippen molar-refractivity contribution >= 4 is 22.9 Å². The van der Waals surface area contributed by atoms with Crippen molar-refractivity contribution in [1.29, 1.82) is 0 Å². The lowest BCUT2D eigenvalue weighted by Gasteiger charge is -1.89. The van der Waals surface area contributed by atoms with E-state index in [0.717, 1.165) is 28.5 Å². The van der Waals surface area contributed by atoms with Crippen LogP contribution in [-0.4, -0.2) is 10.7 Å². The van der Waals surface area contributed by atoms with Crippen LogP contribution in [0.1, 0.15) is 6.42 Å². The fourth-order valence-corrected chi connectivity index (χ4v) is 1.91. The minimum absolute atomic E-state index is 0.744. The smallest absolute Gasteiger partial charge is 0.256 e. The molecule has 0 saturated heterocycles. The van der Waals surface area contributed by atoms with Crippen LogP contribution in [0.3, 0.4) is 0 Å². The lowest BCUT2D eigenvalue weighted by Crippen LogP contribution is -1.75. The predicted octanol–water partition coefficient (Wildman–Crippen LogP) is 3.50. The van der Waals surface area contributed by atoms with Gasteiger partial charge in [-0.1, -0.05) is 30.0 Å². The van der Waals surface area contributed by atoms with E-state index >= 15 is 0 Å². The molecule has 72 valence electrons. The van der Waals surface area contributed by atoms with Crippen LogP contribution in [0, 0.1) is 0 Å². The largest absolute Gasteiger partial charge is 0.431 e. The molecule has 0 N–H and O–H groups in total. The molecule has 0 saturated carbocycles. The van der Waals surface area contributed by atoms with Crippen LogP contribution < -0.4 is 0 Å². The number of aromatic nitrogens is 1. The van der Waals surface area contributed by atoms with Crippen molar-refractivity contribution in [2.45, 2.75) is 11.6 Å². The van der Waals surface area contributed by atoms with E-state index in [1.54, 1.807) is 11.8 Å². The van der Waals surface area contributed by atoms with Gasteiger partial charge in [0, 0.05) is 5.75 Å². The third-order valence-electron chi connectivity index (χ3n) is 1.82. The summed E-state index contributed by atoms with van der Waals surface area (Å²) in [5, 5.41) is 0.744. The molecule has 0 atom stereocenters. The van der Waals surface area contributed by atoms with Gasteiger partial charge in [0.1, 0.15) is 5.52 Å². The van der Waals surface area contributed by atoms with E-state index in [2.05, 4.69) is 11.6 Å². The Labute approximate surface area is 87.0 Å². The molecule has 0 fully saturated rings. The van der Waals surface area contributed by atoms with E-state index < -0.39 is 0 Å². The second kappa shape index (κ2) is 4.33. The van der Waals surface area contributed by atoms with Crippen LogP contribution >= 0.6 is 11.8 Å². The number of fused-ring (bicyclic) bond motifs is 1. The van der Waals surface area contributed by atoms with Crippen LogP contribution in [0.15, 0.2) is 46.6 Å². The van der Waals surface area contributed by atoms with Gasteiger partial charge in [-0.2, -0.15) is 0 Å². The number of hydrogen-bond donors (Lipinski definition) is 0. The van der Waals surface area contributed by atoms with Crippen LogP contribution in [0.2, 0.25) is 0 Å². The standard InChI is InChI=1S/C11H11NOS/c1-2-3-8-14-11-12-9-6-4-5-7-10(9)13-11/h2,4-7H,1,3,8H2. The first-order valence-corrected chi connectivity index (χ1v) is 5.48. The molecule has 2 rings (SSSR count). The molecule has 0 spiro atoms. The van der Waals surface area contributed by atoms with Crippen molar-refractivity contribution in [2.75, 3.05) is 5.75 Å². The quantitative estimate of drug-likeness (QED) is 0.434. The molecule has 1 aromatic heterocycles. The van der Waals surface area contributed by atoms with E-state index in [9.17, 15) is 0 Å². The molecule has 2 nitrogen and oxygen atoms in total. The highest BCUT2D eigenvalue weighted by molar-refractivity contribution is 7.99. The zero-order valence-corrected chi connectivity index (χ0v) is 8.59. The van der Waals surface area contributed by atoms with Crippen molar-refractivity contribution in [2.24, 2.45) is 0 Å². The Morgan fingerprint density at radius 3 is 3.07 bits per heavy atom. The van der Waals surface area contributed by atoms with Crippen molar-refractivity contribution in [3.63, 3.8) is 0 Å². The number of para-hydroxylation sites is 2. The van der Waals surface area contributed by atoms with Crippen LogP contribution in [0.5, 0.6) is 0 Å². The Morgan fingerprint density at radius 2 is 2.29 bits per heavy atom. The van der Waals surface area contributed by atoms with Crippen LogP contribution in [-0.2, 0) is 0 Å². The molecule has 3 heteroatoms. The first-order valence-electron chi connectivity index (χ1n) is 4.49. The molecule has 14 heavy (non-hydrogen) atoms. The highest BCUT2D eigenvalue weighted by atomic mass is 32.2. The Balaban J connectivity index is 2.14. The average molecular weight is 205 g/mol. The Morgan fingerprint density at radius 1 is 1.43 bits per heavy atom. The summed E-state index contributed by atoms with van der Waals surface area (Å²) in [7, 11) is 0. The second-order valence-corrected chi connectivity index (χ2v) is 3.92. The van der Waals surface area contributed by atoms with Crippen molar-refractivity contribution in [3.05, 3.63) is 36.9 Å². The van der Waals surface area contributed by atoms with Gasteiger partial charge in [0.25, 0.3) is 5.22 Å². The molecule has 1 aromatic carbocycles. The normalized spacial score (nSPS) is 10.6. The maximum absolute atomic E-state index is 5.53. The first kappa shape index (κ1) is 9.34. The van der Waals surface area contributed by atoms with Gasteiger partial charge in [-0.05, 0) is 18.6 Å². The van der Waals surface area contributed by atoms with Gasteiger partial charge in [0.15, 0.2) is 5.58 Å². The summed E-state index contributed by atoms with van der Waals surface area (Å²) in [6.07, 6.45) is 2.87. The molecule has 1 heterocycles. The van der Waals surface area contributed by atoms with Gasteiger partial charge >= 0.3 is 0 Å². The Hall–Kier alpha value is -1.22. The third kappa shape index (κ3) is 1.99. The minimum Gasteiger partial charge on any atom is -0.431 e. The zero-order valence-electron chi connectivity index (χ0n) is 7.77. The zero-order chi connectivity index (χ0) is 9.80. The monoisotopic (exact) mass is 205 g/mol. The molecule has 0 bridgehead atoms. The molecule has 0 amide bonds. The summed E-state index contributed by atoms with van der Waals surface area (Å²) in [6.45, 7) is 3.67. The van der Waals surface area contributed by atoms with E-state index in [1.165, 1.54) is 0 Å². The fraction of sp³-hybridized carbons (Fsp3) is 0.182. The number of oxazole rings is 1. The molecule has 0 aliphatic carbocycles. The summed E-state index contributed by atoms with van der Waals surface area (Å²) >= 11 is 1.62. The van der Waals surface area contributed by atoms with Crippen LogP contribution in [0.4, 0.5) is 0 Å². The SMILES string of the molecule is C=CCCSc1nc2ccccc2o1. The third-order valence-corrected chi connectivity index (χ3v) is 2.68. The Kier molecular flexibility index (Phi) is 2.89. The second-order valence-electron chi connectivity index (χ2n) is 2.87. The first-order chi connectivity index (χ1) is 6.90. The van der Waals surface area contributed by atoms with E-state index in [0.29, 0.717) is 0 Å². The molecule has 0 aliphatic heterocycles. The van der Waals surface area contributed by atoms with E-state index in [1.807, 2.05) is 30.3 Å². The van der Waals surface area contributed by atoms with E-state index in [4.69, 9.17) is 4.42 Å². The number of benzene rings is 1. The molecular formula is C11H11NOS. The fourth-order valence-electron chi connectivity index (χ4n) is 1.14. The minimum atomic E-state index is 0.744. The van der Waals surface area contributed by atoms with Crippen molar-refractivity contribution in [1.82, 2.24) is 4.98 Å². The molecular weight excluding hydrogens is 194 g/mol. The number of hydrogen-bond acceptors (Lipinski definition) is 3. The Bertz CT molecular complexity index is 403. The van der Waals surface area contributed by atoms with Gasteiger partial charge < -0.3 is 4.42 Å². The molecule has 0 aliphatic rings. The van der Waals surface area contributed by atoms with Gasteiger partial charge in [0.05, 0.1) is 0 Å². The van der Waals surface area contributed by atoms with Gasteiger partial charge in [0.2, 0.25) is 0 Å². The maximum atomic E-state index is 5.53. The number of rotatable bonds is 4. The highest BCUT2D eigenvalue weighted by Crippen LogP contribution is 2.23. The number of nitrogens with zero attached hydrogens (tertiary/aromatic N) is 1. The summed E-state index contributed by atoms with van der Waals surface area (Å²) in [4.78, 5) is 4.35. The predicted molar refractivity (Wildman–Crippen MR) is 59.5 cm³/mol. The van der Waals surface area contributed by atoms with Gasteiger partial charge in [-0.3, -0.25) is 0 Å². The lowest BCUT2D eigenvalue weighted by molar-refractivity contribution is 0.489. The van der Waals surface area contributed by atoms with E-state index in [-0.39, 0.29) is 0 Å². The summed E-state index contributed by atoms with van der Waals surface area (Å²) in [6, 6.07) is 7.80. The summed E-state index contributed by atoms with van der Waals surface area (Å²) in [5.74, 6) is 0.969. The molecule has 0 radical (unpaired) electrons. The summed E-state index contributed by atoms with van der Waals surface area (Å²) < 4.78 is 5.53. The van der Waals surface area contributed by atoms with Crippen LogP contribution in [0.25, 0.3) is 11.1 Å². The lowest BCUT2D eigenvalue weighted by atomic mass is 10.3. The molecule has 0 unspecified atom stereocenters. The average Bonchev–Trinajstić information content (AvgIpc) is 2.60. The maximum Gasteiger partial charge on any atom is 0.256 e. The summed E-state index contributed by atoms with van der Waals surface area (Å²) in [5.41, 5.74) is 1.78. The van der Waals surface area contributed by atoms with Gasteiger partial charge in [-0.15, -0.1) is 6.58 Å². The number of thioether (sulfide) groups is 1. The number of allylic oxidation sites excluding steroid dienone is 1. The topological polar surface area (TPSA) is 26.0 Å². The molecule has 2 aromatic rings. The van der Waals surface area contributed by atoms with Gasteiger partial charge in [-0.25, -0.2) is 4.98 Å². The van der Waals surface area contributed by atoms with Crippen molar-refractivity contribution in [3.8, 4) is 0 Å².